The number of furan rings is 1. The maximum atomic E-state index is 12.7. The van der Waals surface area contributed by atoms with Crippen molar-refractivity contribution in [3.8, 4) is 0 Å². The van der Waals surface area contributed by atoms with Gasteiger partial charge in [0.15, 0.2) is 5.76 Å². The number of fused-ring (bicyclic) bond motifs is 1. The molecule has 8 heteroatoms. The van der Waals surface area contributed by atoms with E-state index in [0.717, 1.165) is 17.3 Å². The molecule has 0 saturated carbocycles. The molecule has 0 radical (unpaired) electrons. The lowest BCUT2D eigenvalue weighted by atomic mass is 10.2. The van der Waals surface area contributed by atoms with Crippen LogP contribution in [0.4, 0.5) is 0 Å². The van der Waals surface area contributed by atoms with Crippen LogP contribution in [0.5, 0.6) is 0 Å². The third kappa shape index (κ3) is 2.40. The molecule has 1 aliphatic heterocycles. The molecule has 0 bridgehead atoms. The maximum Gasteiger partial charge on any atom is 0.290 e. The molecule has 0 saturated heterocycles. The van der Waals surface area contributed by atoms with Gasteiger partial charge in [0.2, 0.25) is 0 Å². The molecule has 0 fully saturated rings. The molecule has 1 amide bonds. The van der Waals surface area contributed by atoms with Crippen LogP contribution < -0.4 is 0 Å². The second kappa shape index (κ2) is 5.63. The minimum Gasteiger partial charge on any atom is -0.456 e. The summed E-state index contributed by atoms with van der Waals surface area (Å²) in [5.74, 6) is 1.90. The van der Waals surface area contributed by atoms with Crippen molar-refractivity contribution < 1.29 is 9.21 Å². The lowest BCUT2D eigenvalue weighted by Crippen LogP contribution is -2.41. The number of amides is 1. The number of nitrogens with zero attached hydrogens (tertiary/aromatic N) is 6. The maximum absolute atomic E-state index is 12.7. The van der Waals surface area contributed by atoms with Gasteiger partial charge in [-0.1, -0.05) is 0 Å². The number of hydrogen-bond donors (Lipinski definition) is 0. The Morgan fingerprint density at radius 1 is 1.38 bits per heavy atom. The molecule has 3 aromatic rings. The first-order valence-corrected chi connectivity index (χ1v) is 7.87. The molecule has 4 rings (SSSR count). The van der Waals surface area contributed by atoms with Crippen molar-refractivity contribution in [2.45, 2.75) is 33.0 Å². The first-order valence-electron chi connectivity index (χ1n) is 7.87. The Morgan fingerprint density at radius 3 is 2.96 bits per heavy atom. The molecule has 1 atom stereocenters. The SMILES string of the molecule is Cc1ccc(C(=O)N2CCn3c(Cn4cncn4)cnc3[C@H]2C)o1. The van der Waals surface area contributed by atoms with Crippen molar-refractivity contribution in [1.29, 1.82) is 0 Å². The van der Waals surface area contributed by atoms with E-state index in [1.54, 1.807) is 28.0 Å². The van der Waals surface area contributed by atoms with Gasteiger partial charge in [-0.15, -0.1) is 0 Å². The van der Waals surface area contributed by atoms with Crippen molar-refractivity contribution in [3.63, 3.8) is 0 Å². The summed E-state index contributed by atoms with van der Waals surface area (Å²) in [4.78, 5) is 23.0. The first-order chi connectivity index (χ1) is 11.6. The summed E-state index contributed by atoms with van der Waals surface area (Å²) in [5, 5.41) is 4.13. The number of rotatable bonds is 3. The lowest BCUT2D eigenvalue weighted by molar-refractivity contribution is 0.0602. The summed E-state index contributed by atoms with van der Waals surface area (Å²) in [5.41, 5.74) is 1.06. The molecule has 0 spiro atoms. The van der Waals surface area contributed by atoms with Crippen LogP contribution in [0.15, 0.2) is 35.4 Å². The minimum absolute atomic E-state index is 0.0947. The summed E-state index contributed by atoms with van der Waals surface area (Å²) < 4.78 is 9.39. The van der Waals surface area contributed by atoms with Gasteiger partial charge in [-0.2, -0.15) is 5.10 Å². The van der Waals surface area contributed by atoms with E-state index in [1.165, 1.54) is 6.33 Å². The van der Waals surface area contributed by atoms with E-state index in [9.17, 15) is 4.79 Å². The molecule has 0 unspecified atom stereocenters. The Kier molecular flexibility index (Phi) is 3.44. The Balaban J connectivity index is 1.58. The molecule has 0 aliphatic carbocycles. The van der Waals surface area contributed by atoms with Gasteiger partial charge in [0.25, 0.3) is 5.91 Å². The number of carbonyl (C=O) groups is 1. The zero-order valence-electron chi connectivity index (χ0n) is 13.6. The van der Waals surface area contributed by atoms with E-state index in [1.807, 2.05) is 20.0 Å². The minimum atomic E-state index is -0.110. The van der Waals surface area contributed by atoms with Crippen molar-refractivity contribution >= 4 is 5.91 Å². The zero-order chi connectivity index (χ0) is 16.7. The average molecular weight is 326 g/mol. The highest BCUT2D eigenvalue weighted by molar-refractivity contribution is 5.91. The second-order valence-electron chi connectivity index (χ2n) is 5.94. The van der Waals surface area contributed by atoms with Crippen molar-refractivity contribution in [2.24, 2.45) is 0 Å². The van der Waals surface area contributed by atoms with E-state index >= 15 is 0 Å². The van der Waals surface area contributed by atoms with Gasteiger partial charge in [0.1, 0.15) is 24.2 Å². The summed E-state index contributed by atoms with van der Waals surface area (Å²) in [7, 11) is 0. The van der Waals surface area contributed by atoms with E-state index in [2.05, 4.69) is 19.6 Å². The Labute approximate surface area is 138 Å². The van der Waals surface area contributed by atoms with Gasteiger partial charge < -0.3 is 13.9 Å². The second-order valence-corrected chi connectivity index (χ2v) is 5.94. The monoisotopic (exact) mass is 326 g/mol. The number of aromatic nitrogens is 5. The zero-order valence-corrected chi connectivity index (χ0v) is 13.6. The molecule has 1 aliphatic rings. The van der Waals surface area contributed by atoms with Crippen molar-refractivity contribution in [3.05, 3.63) is 54.0 Å². The molecule has 3 aromatic heterocycles. The molecule has 0 aromatic carbocycles. The summed E-state index contributed by atoms with van der Waals surface area (Å²) in [6.07, 6.45) is 5.04. The Hall–Kier alpha value is -2.90. The summed E-state index contributed by atoms with van der Waals surface area (Å²) in [6.45, 7) is 5.76. The third-order valence-corrected chi connectivity index (χ3v) is 4.38. The van der Waals surface area contributed by atoms with Crippen molar-refractivity contribution in [2.75, 3.05) is 6.54 Å². The highest BCUT2D eigenvalue weighted by Crippen LogP contribution is 2.27. The summed E-state index contributed by atoms with van der Waals surface area (Å²) >= 11 is 0. The van der Waals surface area contributed by atoms with E-state index in [0.29, 0.717) is 25.4 Å². The van der Waals surface area contributed by atoms with E-state index in [4.69, 9.17) is 4.42 Å². The molecule has 8 nitrogen and oxygen atoms in total. The lowest BCUT2D eigenvalue weighted by Gasteiger charge is -2.33. The highest BCUT2D eigenvalue weighted by Gasteiger charge is 2.32. The predicted octanol–water partition coefficient (Wildman–Crippen LogP) is 1.64. The number of imidazole rings is 1. The van der Waals surface area contributed by atoms with E-state index < -0.39 is 0 Å². The van der Waals surface area contributed by atoms with Gasteiger partial charge in [-0.05, 0) is 26.0 Å². The predicted molar refractivity (Wildman–Crippen MR) is 84.2 cm³/mol. The fourth-order valence-corrected chi connectivity index (χ4v) is 3.13. The van der Waals surface area contributed by atoms with Gasteiger partial charge in [-0.25, -0.2) is 14.6 Å². The molecule has 4 heterocycles. The highest BCUT2D eigenvalue weighted by atomic mass is 16.3. The van der Waals surface area contributed by atoms with Gasteiger partial charge in [0.05, 0.1) is 24.5 Å². The molecule has 24 heavy (non-hydrogen) atoms. The van der Waals surface area contributed by atoms with Crippen LogP contribution in [-0.4, -0.2) is 41.7 Å². The normalized spacial score (nSPS) is 17.1. The molecular formula is C16H18N6O2. The molecule has 124 valence electrons. The van der Waals surface area contributed by atoms with Gasteiger partial charge in [-0.3, -0.25) is 4.79 Å². The number of aryl methyl sites for hydroxylation is 1. The van der Waals surface area contributed by atoms with Crippen LogP contribution in [0.3, 0.4) is 0 Å². The fourth-order valence-electron chi connectivity index (χ4n) is 3.13. The molecular weight excluding hydrogens is 308 g/mol. The van der Waals surface area contributed by atoms with Crippen LogP contribution >= 0.6 is 0 Å². The molecule has 0 N–H and O–H groups in total. The van der Waals surface area contributed by atoms with Crippen LogP contribution in [0.1, 0.15) is 40.8 Å². The first kappa shape index (κ1) is 14.7. The summed E-state index contributed by atoms with van der Waals surface area (Å²) in [6, 6.07) is 3.42. The van der Waals surface area contributed by atoms with E-state index in [-0.39, 0.29) is 11.9 Å². The number of carbonyl (C=O) groups excluding carboxylic acids is 1. The smallest absolute Gasteiger partial charge is 0.290 e. The van der Waals surface area contributed by atoms with Gasteiger partial charge in [0, 0.05) is 13.1 Å². The van der Waals surface area contributed by atoms with Crippen LogP contribution in [0, 0.1) is 6.92 Å². The third-order valence-electron chi connectivity index (χ3n) is 4.38. The fraction of sp³-hybridized carbons (Fsp3) is 0.375. The quantitative estimate of drug-likeness (QED) is 0.731. The topological polar surface area (TPSA) is 82.0 Å². The van der Waals surface area contributed by atoms with Crippen molar-refractivity contribution in [1.82, 2.24) is 29.2 Å². The Bertz CT molecular complexity index is 863. The largest absolute Gasteiger partial charge is 0.456 e. The number of hydrogen-bond acceptors (Lipinski definition) is 5. The standard InChI is InChI=1S/C16H18N6O2/c1-11-3-4-14(24-11)16(23)21-5-6-22-13(7-18-15(22)12(21)2)8-20-10-17-9-19-20/h3-4,7,9-10,12H,5-6,8H2,1-2H3/t12-/m1/s1. The van der Waals surface area contributed by atoms with Gasteiger partial charge >= 0.3 is 0 Å². The van der Waals surface area contributed by atoms with Crippen LogP contribution in [0.2, 0.25) is 0 Å². The average Bonchev–Trinajstić information content (AvgIpc) is 3.30. The Morgan fingerprint density at radius 2 is 2.25 bits per heavy atom. The van der Waals surface area contributed by atoms with Crippen LogP contribution in [0.25, 0.3) is 0 Å². The van der Waals surface area contributed by atoms with Crippen LogP contribution in [-0.2, 0) is 13.1 Å².